The summed E-state index contributed by atoms with van der Waals surface area (Å²) in [6.45, 7) is 2.20. The number of nitrogens with zero attached hydrogens (tertiary/aromatic N) is 4. The predicted molar refractivity (Wildman–Crippen MR) is 511 cm³/mol. The van der Waals surface area contributed by atoms with Gasteiger partial charge in [-0.25, -0.2) is 0 Å². The zero-order valence-electron chi connectivity index (χ0n) is 72.0. The highest BCUT2D eigenvalue weighted by Gasteiger charge is 2.50. The first kappa shape index (κ1) is 80.0. The number of ether oxygens (including phenoxy) is 8. The Bertz CT molecular complexity index is 7200. The minimum atomic E-state index is -1.56. The van der Waals surface area contributed by atoms with Gasteiger partial charge in [-0.1, -0.05) is 243 Å². The highest BCUT2D eigenvalue weighted by Crippen LogP contribution is 2.59. The van der Waals surface area contributed by atoms with Gasteiger partial charge < -0.3 is 56.5 Å². The number of imide groups is 2. The quantitative estimate of drug-likeness (QED) is 0.0192. The monoisotopic (exact) mass is 1760 g/mol. The van der Waals surface area contributed by atoms with Crippen LogP contribution in [0.1, 0.15) is 52.6 Å². The van der Waals surface area contributed by atoms with Gasteiger partial charge in [-0.3, -0.25) is 38.6 Å². The van der Waals surface area contributed by atoms with Crippen molar-refractivity contribution in [3.05, 3.63) is 361 Å². The second-order valence-corrected chi connectivity index (χ2v) is 35.2. The fourth-order valence-electron chi connectivity index (χ4n) is 19.9. The molecular weight excluding hydrogens is 1680 g/mol. The normalized spacial score (nSPS) is 16.9. The van der Waals surface area contributed by atoms with E-state index in [0.717, 1.165) is 75.9 Å². The van der Waals surface area contributed by atoms with Crippen LogP contribution in [0, 0.1) is 0 Å². The second kappa shape index (κ2) is 32.5. The lowest BCUT2D eigenvalue weighted by Crippen LogP contribution is -2.56. The molecule has 25 rings (SSSR count). The first-order valence-corrected chi connectivity index (χ1v) is 45.1. The van der Waals surface area contributed by atoms with Crippen LogP contribution in [0.2, 0.25) is 0 Å². The summed E-state index contributed by atoms with van der Waals surface area (Å²) < 4.78 is 67.5. The van der Waals surface area contributed by atoms with E-state index in [9.17, 15) is 0 Å². The lowest BCUT2D eigenvalue weighted by atomic mass is 9.80. The summed E-state index contributed by atoms with van der Waals surface area (Å²) in [7, 11) is 0. The first-order chi connectivity index (χ1) is 65.9. The minimum absolute atomic E-state index is 0.0332. The van der Waals surface area contributed by atoms with Gasteiger partial charge in [-0.15, -0.1) is 0 Å². The fraction of sp³-hybridized carbons (Fsp3) is 0.140. The molecule has 134 heavy (non-hydrogen) atoms. The minimum Gasteiger partial charge on any atom is -0.457 e. The van der Waals surface area contributed by atoms with Crippen molar-refractivity contribution in [2.24, 2.45) is 0 Å². The van der Waals surface area contributed by atoms with Crippen LogP contribution in [0.4, 0.5) is 0 Å². The summed E-state index contributed by atoms with van der Waals surface area (Å²) in [5, 5.41) is 4.99. The predicted octanol–water partition coefficient (Wildman–Crippen LogP) is 23.0. The molecular formula is C114H80N4O16. The SMILES string of the molecule is O=C(C(Cc1cccc2c1oc1ccccc12)N1C(=O)c2cc(Oc3ccc(-c4ccccc4)cc3)c3c4c(Oc5ccc(-c6ccccc6)cc5)cc5c6c(cc(Oc7ccc(-c8ccccc8)cc7)c(c7c(Oc8ccc(-c9ccccc9)cc8)cc(c2c37)C1=O)c64)C(=O)N(C(Cc1cccc2c1oc1ccccc12)C(=O)N(CC1CO1)CC1CO1)C5=O)N(CC1CO1)CC1CO1. The molecule has 4 saturated heterocycles. The molecule has 6 unspecified atom stereocenters. The topological polar surface area (TPSA) is 229 Å². The molecule has 652 valence electrons. The van der Waals surface area contributed by atoms with Crippen molar-refractivity contribution in [1.82, 2.24) is 19.6 Å². The molecule has 20 heteroatoms. The summed E-state index contributed by atoms with van der Waals surface area (Å²) >= 11 is 0. The molecule has 4 fully saturated rings. The van der Waals surface area contributed by atoms with Crippen molar-refractivity contribution in [2.75, 3.05) is 52.6 Å². The zero-order valence-corrected chi connectivity index (χ0v) is 72.0. The van der Waals surface area contributed by atoms with Crippen LogP contribution < -0.4 is 18.9 Å². The number of para-hydroxylation sites is 4. The number of hydrogen-bond donors (Lipinski definition) is 0. The average molecular weight is 1760 g/mol. The van der Waals surface area contributed by atoms with Gasteiger partial charge in [0.1, 0.15) is 80.4 Å². The van der Waals surface area contributed by atoms with E-state index in [1.54, 1.807) is 34.1 Å². The van der Waals surface area contributed by atoms with E-state index in [0.29, 0.717) is 82.9 Å². The van der Waals surface area contributed by atoms with Gasteiger partial charge in [0, 0.05) is 104 Å². The smallest absolute Gasteiger partial charge is 0.262 e. The summed E-state index contributed by atoms with van der Waals surface area (Å²) in [6.07, 6.45) is -1.66. The number of epoxide rings is 4. The van der Waals surface area contributed by atoms with Crippen LogP contribution in [0.3, 0.4) is 0 Å². The van der Waals surface area contributed by atoms with Crippen LogP contribution in [-0.2, 0) is 41.4 Å². The third kappa shape index (κ3) is 14.4. The Morgan fingerprint density at radius 1 is 0.284 bits per heavy atom. The first-order valence-electron chi connectivity index (χ1n) is 45.1. The molecule has 20 nitrogen and oxygen atoms in total. The summed E-state index contributed by atoms with van der Waals surface area (Å²) in [4.78, 5) is 109. The average Bonchev–Trinajstić information content (AvgIpc) is 0.929. The maximum atomic E-state index is 17.5. The fourth-order valence-corrected chi connectivity index (χ4v) is 19.9. The lowest BCUT2D eigenvalue weighted by molar-refractivity contribution is -0.136. The van der Waals surface area contributed by atoms with Crippen LogP contribution in [0.25, 0.3) is 131 Å². The molecule has 6 atom stereocenters. The van der Waals surface area contributed by atoms with E-state index in [2.05, 4.69) is 0 Å². The van der Waals surface area contributed by atoms with Crippen LogP contribution >= 0.6 is 0 Å². The Balaban J connectivity index is 0.783. The van der Waals surface area contributed by atoms with E-state index in [1.807, 2.05) is 303 Å². The van der Waals surface area contributed by atoms with E-state index in [-0.39, 0.29) is 152 Å². The maximum absolute atomic E-state index is 17.5. The number of carbonyl (C=O) groups is 6. The second-order valence-electron chi connectivity index (χ2n) is 35.2. The van der Waals surface area contributed by atoms with E-state index in [1.165, 1.54) is 0 Å². The number of amides is 6. The van der Waals surface area contributed by atoms with Gasteiger partial charge in [0.05, 0.1) is 73.1 Å². The van der Waals surface area contributed by atoms with Crippen molar-refractivity contribution >= 4 is 122 Å². The maximum Gasteiger partial charge on any atom is 0.262 e. The van der Waals surface area contributed by atoms with Gasteiger partial charge >= 0.3 is 0 Å². The molecule has 0 aliphatic carbocycles. The van der Waals surface area contributed by atoms with E-state index in [4.69, 9.17) is 46.7 Å². The van der Waals surface area contributed by atoms with Gasteiger partial charge in [0.2, 0.25) is 11.8 Å². The van der Waals surface area contributed by atoms with Gasteiger partial charge in [0.25, 0.3) is 23.6 Å². The molecule has 17 aromatic carbocycles. The third-order valence-electron chi connectivity index (χ3n) is 26.6. The van der Waals surface area contributed by atoms with Crippen molar-refractivity contribution in [3.63, 3.8) is 0 Å². The van der Waals surface area contributed by atoms with Gasteiger partial charge in [-0.05, 0) is 141 Å². The van der Waals surface area contributed by atoms with Crippen molar-refractivity contribution in [2.45, 2.75) is 49.3 Å². The zero-order chi connectivity index (χ0) is 89.5. The molecule has 6 amide bonds. The number of hydrogen-bond acceptors (Lipinski definition) is 16. The number of rotatable bonds is 28. The summed E-state index contributed by atoms with van der Waals surface area (Å²) in [5.74, 6) is -2.98. The Morgan fingerprint density at radius 3 is 0.799 bits per heavy atom. The van der Waals surface area contributed by atoms with Crippen LogP contribution in [-0.4, -0.2) is 144 Å². The molecule has 0 radical (unpaired) electrons. The molecule has 6 aliphatic rings. The highest BCUT2D eigenvalue weighted by atomic mass is 16.6. The molecule has 0 bridgehead atoms. The number of furan rings is 2. The van der Waals surface area contributed by atoms with Crippen LogP contribution in [0.15, 0.2) is 336 Å². The Morgan fingerprint density at radius 2 is 0.530 bits per heavy atom. The Hall–Kier alpha value is -16.1. The lowest BCUT2D eigenvalue weighted by Gasteiger charge is -2.37. The molecule has 19 aromatic rings. The van der Waals surface area contributed by atoms with Gasteiger partial charge in [-0.2, -0.15) is 0 Å². The molecule has 0 saturated carbocycles. The molecule has 8 heterocycles. The van der Waals surface area contributed by atoms with E-state index >= 15 is 28.8 Å². The van der Waals surface area contributed by atoms with Crippen molar-refractivity contribution < 1.29 is 75.5 Å². The summed E-state index contributed by atoms with van der Waals surface area (Å²) in [6, 6.07) is 100. The Labute approximate surface area is 766 Å². The number of benzene rings is 17. The Kier molecular flexibility index (Phi) is 19.4. The number of carbonyl (C=O) groups excluding carboxylic acids is 6. The van der Waals surface area contributed by atoms with Crippen molar-refractivity contribution in [3.8, 4) is 90.5 Å². The third-order valence-corrected chi connectivity index (χ3v) is 26.6. The molecule has 2 aromatic heterocycles. The largest absolute Gasteiger partial charge is 0.457 e. The van der Waals surface area contributed by atoms with Crippen LogP contribution in [0.5, 0.6) is 46.0 Å². The van der Waals surface area contributed by atoms with Gasteiger partial charge in [0.15, 0.2) is 0 Å². The standard InChI is InChI=1S/C114H80N4O16/c119-109-87-53-95(129-75-43-35-69(36-44-75)65-19-5-1-6-20-65)101-102-96(130-76-45-37-70(38-46-76)66-21-7-2-8-22-66)54-89-100-90(112(122)118(111(89)121)92(114(124)116(59-81-63-127-81)60-82-64-128-82)52-74-28-18-32-86-84-30-14-16-34-94(84)134-108(74)86)56-98(132-78-49-41-72(42-50-78)68-25-11-4-12-26-68)104(106(100)102)103-97(131-77-47-39-71(40-48-77)67-23-9-3-10-24-67)55-88(99(87)105(101)103)110(120)117(109)91(113(123)115(57-79-61-125-79)58-80-62-126-80)51-73-27-17-31-85-83-29-13-15-33-93(83)133-107(73)85/h1-50,53-56,79-82,91-92H,51-52,57-64H2. The van der Waals surface area contributed by atoms with E-state index < -0.39 is 47.5 Å². The highest BCUT2D eigenvalue weighted by molar-refractivity contribution is 6.45. The summed E-state index contributed by atoms with van der Waals surface area (Å²) in [5.41, 5.74) is 10.4. The molecule has 0 N–H and O–H groups in total. The molecule has 6 aliphatic heterocycles. The number of fused-ring (bicyclic) bond motifs is 8. The van der Waals surface area contributed by atoms with Crippen molar-refractivity contribution in [1.29, 1.82) is 0 Å². The molecule has 0 spiro atoms.